The second-order valence-corrected chi connectivity index (χ2v) is 5.04. The van der Waals surface area contributed by atoms with Crippen LogP contribution in [0, 0.1) is 11.6 Å². The number of halogens is 2. The maximum Gasteiger partial charge on any atom is 0.244 e. The van der Waals surface area contributed by atoms with E-state index in [1.807, 2.05) is 0 Å². The molecule has 2 aromatic carbocycles. The van der Waals surface area contributed by atoms with Gasteiger partial charge in [-0.25, -0.2) is 8.78 Å². The van der Waals surface area contributed by atoms with Gasteiger partial charge in [0.2, 0.25) is 5.91 Å². The van der Waals surface area contributed by atoms with Crippen molar-refractivity contribution in [2.24, 2.45) is 0 Å². The molecule has 1 amide bonds. The molecule has 0 aliphatic heterocycles. The quantitative estimate of drug-likeness (QED) is 0.799. The number of carbonyl (C=O) groups is 1. The van der Waals surface area contributed by atoms with Crippen molar-refractivity contribution in [1.82, 2.24) is 5.32 Å². The van der Waals surface area contributed by atoms with Gasteiger partial charge >= 0.3 is 0 Å². The molecule has 0 heterocycles. The van der Waals surface area contributed by atoms with E-state index >= 15 is 0 Å². The number of aliphatic hydroxyl groups is 1. The third-order valence-corrected chi connectivity index (χ3v) is 3.33. The normalized spacial score (nSPS) is 12.2. The number of amides is 1. The van der Waals surface area contributed by atoms with Gasteiger partial charge in [-0.2, -0.15) is 0 Å². The summed E-state index contributed by atoms with van der Waals surface area (Å²) >= 11 is 0. The van der Waals surface area contributed by atoms with Gasteiger partial charge in [-0.3, -0.25) is 4.79 Å². The Labute approximate surface area is 138 Å². The van der Waals surface area contributed by atoms with E-state index in [1.165, 1.54) is 55.7 Å². The van der Waals surface area contributed by atoms with E-state index in [4.69, 9.17) is 4.74 Å². The lowest BCUT2D eigenvalue weighted by molar-refractivity contribution is -0.116. The Balaban J connectivity index is 1.88. The topological polar surface area (TPSA) is 58.6 Å². The number of rotatable bonds is 6. The van der Waals surface area contributed by atoms with Crippen LogP contribution in [0.3, 0.4) is 0 Å². The molecular weight excluding hydrogens is 316 g/mol. The maximum absolute atomic E-state index is 13.5. The average molecular weight is 333 g/mol. The summed E-state index contributed by atoms with van der Waals surface area (Å²) in [5.74, 6) is -1.23. The van der Waals surface area contributed by atoms with Crippen LogP contribution in [-0.4, -0.2) is 24.7 Å². The van der Waals surface area contributed by atoms with Crippen molar-refractivity contribution >= 4 is 12.0 Å². The Morgan fingerprint density at radius 3 is 2.58 bits per heavy atom. The van der Waals surface area contributed by atoms with Crippen LogP contribution in [0.5, 0.6) is 5.75 Å². The summed E-state index contributed by atoms with van der Waals surface area (Å²) in [4.78, 5) is 11.7. The molecule has 4 nitrogen and oxygen atoms in total. The second-order valence-electron chi connectivity index (χ2n) is 5.04. The van der Waals surface area contributed by atoms with Gasteiger partial charge in [-0.15, -0.1) is 0 Å². The minimum atomic E-state index is -0.943. The molecule has 2 aromatic rings. The minimum Gasteiger partial charge on any atom is -0.494 e. The molecule has 0 aliphatic carbocycles. The lowest BCUT2D eigenvalue weighted by Gasteiger charge is -2.11. The van der Waals surface area contributed by atoms with Crippen LogP contribution >= 0.6 is 0 Å². The fourth-order valence-corrected chi connectivity index (χ4v) is 2.02. The predicted molar refractivity (Wildman–Crippen MR) is 86.4 cm³/mol. The van der Waals surface area contributed by atoms with Crippen molar-refractivity contribution in [1.29, 1.82) is 0 Å². The van der Waals surface area contributed by atoms with E-state index in [1.54, 1.807) is 6.07 Å². The lowest BCUT2D eigenvalue weighted by Crippen LogP contribution is -2.26. The molecule has 0 aromatic heterocycles. The first kappa shape index (κ1) is 17.6. The van der Waals surface area contributed by atoms with Crippen molar-refractivity contribution in [2.45, 2.75) is 6.10 Å². The largest absolute Gasteiger partial charge is 0.494 e. The van der Waals surface area contributed by atoms with Crippen LogP contribution in [0.4, 0.5) is 8.78 Å². The second kappa shape index (κ2) is 8.21. The predicted octanol–water partition coefficient (Wildman–Crippen LogP) is 2.84. The van der Waals surface area contributed by atoms with Crippen LogP contribution < -0.4 is 10.1 Å². The number of benzene rings is 2. The Kier molecular flexibility index (Phi) is 6.03. The summed E-state index contributed by atoms with van der Waals surface area (Å²) in [5.41, 5.74) is 1.00. The molecule has 0 spiro atoms. The molecule has 0 fully saturated rings. The van der Waals surface area contributed by atoms with E-state index in [0.717, 1.165) is 0 Å². The van der Waals surface area contributed by atoms with Crippen molar-refractivity contribution in [3.8, 4) is 5.75 Å². The summed E-state index contributed by atoms with van der Waals surface area (Å²) in [6.45, 7) is -0.0220. The number of hydrogen-bond donors (Lipinski definition) is 2. The smallest absolute Gasteiger partial charge is 0.244 e. The highest BCUT2D eigenvalue weighted by Gasteiger charge is 2.08. The molecule has 1 atom stereocenters. The van der Waals surface area contributed by atoms with Gasteiger partial charge in [0.05, 0.1) is 13.2 Å². The van der Waals surface area contributed by atoms with Crippen LogP contribution in [-0.2, 0) is 4.79 Å². The maximum atomic E-state index is 13.5. The number of carbonyl (C=O) groups excluding carboxylic acids is 1. The number of nitrogens with one attached hydrogen (secondary N) is 1. The molecule has 0 aliphatic rings. The van der Waals surface area contributed by atoms with Crippen LogP contribution in [0.25, 0.3) is 6.08 Å². The Hall–Kier alpha value is -2.73. The zero-order valence-electron chi connectivity index (χ0n) is 13.0. The molecular formula is C18H17F2NO3. The van der Waals surface area contributed by atoms with Gasteiger partial charge < -0.3 is 15.2 Å². The molecule has 0 saturated carbocycles. The molecule has 0 radical (unpaired) electrons. The van der Waals surface area contributed by atoms with Crippen molar-refractivity contribution in [3.63, 3.8) is 0 Å². The molecule has 0 saturated heterocycles. The van der Waals surface area contributed by atoms with Gasteiger partial charge in [0, 0.05) is 12.6 Å². The molecule has 1 unspecified atom stereocenters. The van der Waals surface area contributed by atoms with Gasteiger partial charge in [0.15, 0.2) is 11.6 Å². The number of methoxy groups -OCH3 is 1. The van der Waals surface area contributed by atoms with Crippen molar-refractivity contribution in [2.75, 3.05) is 13.7 Å². The first-order valence-corrected chi connectivity index (χ1v) is 7.22. The van der Waals surface area contributed by atoms with Gasteiger partial charge in [0.1, 0.15) is 5.82 Å². The van der Waals surface area contributed by atoms with Crippen LogP contribution in [0.15, 0.2) is 48.5 Å². The third kappa shape index (κ3) is 4.89. The van der Waals surface area contributed by atoms with E-state index < -0.39 is 23.6 Å². The molecule has 6 heteroatoms. The summed E-state index contributed by atoms with van der Waals surface area (Å²) in [5, 5.41) is 12.4. The highest BCUT2D eigenvalue weighted by Crippen LogP contribution is 2.18. The summed E-state index contributed by atoms with van der Waals surface area (Å²) in [6, 6.07) is 9.68. The fourth-order valence-electron chi connectivity index (χ4n) is 2.02. The fraction of sp³-hybridized carbons (Fsp3) is 0.167. The first-order chi connectivity index (χ1) is 11.5. The first-order valence-electron chi connectivity index (χ1n) is 7.22. The molecule has 126 valence electrons. The zero-order chi connectivity index (χ0) is 17.5. The van der Waals surface area contributed by atoms with E-state index in [-0.39, 0.29) is 12.3 Å². The standard InChI is InChI=1S/C18H17F2NO3/c1-24-17-8-2-12(10-15(17)20)3-9-18(23)21-11-16(22)13-4-6-14(19)7-5-13/h2-10,16,22H,11H2,1H3,(H,21,23)/b9-3+. The van der Waals surface area contributed by atoms with Crippen LogP contribution in [0.1, 0.15) is 17.2 Å². The van der Waals surface area contributed by atoms with Gasteiger partial charge in [-0.1, -0.05) is 18.2 Å². The monoisotopic (exact) mass is 333 g/mol. The number of ether oxygens (including phenoxy) is 1. The van der Waals surface area contributed by atoms with Gasteiger partial charge in [-0.05, 0) is 41.5 Å². The van der Waals surface area contributed by atoms with Crippen LogP contribution in [0.2, 0.25) is 0 Å². The van der Waals surface area contributed by atoms with E-state index in [0.29, 0.717) is 11.1 Å². The average Bonchev–Trinajstić information content (AvgIpc) is 2.58. The summed E-state index contributed by atoms with van der Waals surface area (Å²) in [7, 11) is 1.37. The SMILES string of the molecule is COc1ccc(/C=C/C(=O)NCC(O)c2ccc(F)cc2)cc1F. The zero-order valence-corrected chi connectivity index (χ0v) is 13.0. The Morgan fingerprint density at radius 1 is 1.25 bits per heavy atom. The summed E-state index contributed by atoms with van der Waals surface area (Å²) in [6.07, 6.45) is 1.74. The minimum absolute atomic E-state index is 0.0220. The van der Waals surface area contributed by atoms with Crippen molar-refractivity contribution < 1.29 is 23.4 Å². The van der Waals surface area contributed by atoms with Gasteiger partial charge in [0.25, 0.3) is 0 Å². The Morgan fingerprint density at radius 2 is 1.96 bits per heavy atom. The Bertz CT molecular complexity index is 730. The molecule has 24 heavy (non-hydrogen) atoms. The van der Waals surface area contributed by atoms with Crippen molar-refractivity contribution in [3.05, 3.63) is 71.3 Å². The van der Waals surface area contributed by atoms with E-state index in [2.05, 4.69) is 5.32 Å². The molecule has 2 rings (SSSR count). The lowest BCUT2D eigenvalue weighted by atomic mass is 10.1. The third-order valence-electron chi connectivity index (χ3n) is 3.33. The summed E-state index contributed by atoms with van der Waals surface area (Å²) < 4.78 is 31.1. The highest BCUT2D eigenvalue weighted by atomic mass is 19.1. The molecule has 0 bridgehead atoms. The number of hydrogen-bond acceptors (Lipinski definition) is 3. The number of aliphatic hydroxyl groups excluding tert-OH is 1. The molecule has 2 N–H and O–H groups in total. The highest BCUT2D eigenvalue weighted by molar-refractivity contribution is 5.91. The van der Waals surface area contributed by atoms with E-state index in [9.17, 15) is 18.7 Å².